The zero-order chi connectivity index (χ0) is 16.8. The summed E-state index contributed by atoms with van der Waals surface area (Å²) in [6.07, 6.45) is 5.71. The maximum Gasteiger partial charge on any atom is 0.273 e. The maximum atomic E-state index is 12.2. The Kier molecular flexibility index (Phi) is 5.64. The van der Waals surface area contributed by atoms with E-state index >= 15 is 0 Å². The van der Waals surface area contributed by atoms with Crippen molar-refractivity contribution in [2.75, 3.05) is 19.6 Å². The second-order valence-corrected chi connectivity index (χ2v) is 6.46. The number of piperidine rings is 1. The van der Waals surface area contributed by atoms with E-state index in [9.17, 15) is 4.79 Å². The van der Waals surface area contributed by atoms with Gasteiger partial charge in [0.05, 0.1) is 0 Å². The summed E-state index contributed by atoms with van der Waals surface area (Å²) in [7, 11) is 0. The molecule has 1 N–H and O–H groups in total. The van der Waals surface area contributed by atoms with E-state index in [-0.39, 0.29) is 11.9 Å². The number of nitrogens with zero attached hydrogens (tertiary/aromatic N) is 2. The third-order valence-electron chi connectivity index (χ3n) is 4.58. The molecule has 0 spiro atoms. The van der Waals surface area contributed by atoms with E-state index in [0.29, 0.717) is 11.5 Å². The van der Waals surface area contributed by atoms with Crippen molar-refractivity contribution in [3.63, 3.8) is 0 Å². The first-order valence-electron chi connectivity index (χ1n) is 8.69. The minimum atomic E-state index is -0.127. The van der Waals surface area contributed by atoms with E-state index in [2.05, 4.69) is 45.5 Å². The molecule has 2 aromatic rings. The predicted octanol–water partition coefficient (Wildman–Crippen LogP) is 2.81. The van der Waals surface area contributed by atoms with Gasteiger partial charge in [-0.2, -0.15) is 0 Å². The van der Waals surface area contributed by atoms with Crippen LogP contribution in [0.15, 0.2) is 41.1 Å². The molecule has 1 saturated heterocycles. The van der Waals surface area contributed by atoms with Crippen molar-refractivity contribution < 1.29 is 9.21 Å². The second kappa shape index (κ2) is 8.11. The quantitative estimate of drug-likeness (QED) is 0.886. The summed E-state index contributed by atoms with van der Waals surface area (Å²) >= 11 is 0. The minimum absolute atomic E-state index is 0.127. The van der Waals surface area contributed by atoms with E-state index in [1.165, 1.54) is 12.0 Å². The molecular formula is C19H25N3O2. The van der Waals surface area contributed by atoms with E-state index < -0.39 is 0 Å². The highest BCUT2D eigenvalue weighted by Gasteiger charge is 2.23. The number of amides is 1. The Morgan fingerprint density at radius 2 is 2.21 bits per heavy atom. The van der Waals surface area contributed by atoms with Gasteiger partial charge >= 0.3 is 0 Å². The SMILES string of the molecule is Cc1ocnc1C(=O)N[C@H]1CCCN(CCCc2ccccc2)C1. The van der Waals surface area contributed by atoms with Gasteiger partial charge in [0.1, 0.15) is 5.76 Å². The Morgan fingerprint density at radius 1 is 1.38 bits per heavy atom. The molecule has 1 amide bonds. The molecule has 0 bridgehead atoms. The lowest BCUT2D eigenvalue weighted by molar-refractivity contribution is 0.0897. The van der Waals surface area contributed by atoms with E-state index in [1.807, 2.05) is 0 Å². The van der Waals surface area contributed by atoms with Crippen molar-refractivity contribution in [2.24, 2.45) is 0 Å². The number of likely N-dealkylation sites (tertiary alicyclic amines) is 1. The van der Waals surface area contributed by atoms with Gasteiger partial charge < -0.3 is 14.6 Å². The van der Waals surface area contributed by atoms with Crippen LogP contribution in [0.4, 0.5) is 0 Å². The molecule has 5 nitrogen and oxygen atoms in total. The second-order valence-electron chi connectivity index (χ2n) is 6.46. The van der Waals surface area contributed by atoms with Crippen LogP contribution in [-0.4, -0.2) is 41.5 Å². The third kappa shape index (κ3) is 4.45. The first-order valence-corrected chi connectivity index (χ1v) is 8.69. The van der Waals surface area contributed by atoms with Crippen LogP contribution in [0.5, 0.6) is 0 Å². The van der Waals surface area contributed by atoms with Gasteiger partial charge in [0, 0.05) is 12.6 Å². The fraction of sp³-hybridized carbons (Fsp3) is 0.474. The summed E-state index contributed by atoms with van der Waals surface area (Å²) in [6, 6.07) is 10.8. The van der Waals surface area contributed by atoms with Crippen molar-refractivity contribution >= 4 is 5.91 Å². The standard InChI is InChI=1S/C19H25N3O2/c1-15-18(20-14-24-15)19(23)21-17-10-6-12-22(13-17)11-5-9-16-7-3-2-4-8-16/h2-4,7-8,14,17H,5-6,9-13H2,1H3,(H,21,23)/t17-/m0/s1. The summed E-state index contributed by atoms with van der Waals surface area (Å²) in [4.78, 5) is 18.7. The van der Waals surface area contributed by atoms with Crippen LogP contribution in [0, 0.1) is 6.92 Å². The molecule has 0 radical (unpaired) electrons. The lowest BCUT2D eigenvalue weighted by Gasteiger charge is -2.33. The van der Waals surface area contributed by atoms with Crippen LogP contribution >= 0.6 is 0 Å². The number of oxazole rings is 1. The molecule has 1 aromatic carbocycles. The van der Waals surface area contributed by atoms with Crippen LogP contribution in [0.2, 0.25) is 0 Å². The molecule has 3 rings (SSSR count). The molecule has 2 heterocycles. The van der Waals surface area contributed by atoms with Crippen LogP contribution in [0.25, 0.3) is 0 Å². The topological polar surface area (TPSA) is 58.4 Å². The summed E-state index contributed by atoms with van der Waals surface area (Å²) < 4.78 is 5.11. The molecule has 1 aromatic heterocycles. The van der Waals surface area contributed by atoms with Crippen molar-refractivity contribution in [3.8, 4) is 0 Å². The van der Waals surface area contributed by atoms with E-state index in [4.69, 9.17) is 4.42 Å². The van der Waals surface area contributed by atoms with Gasteiger partial charge in [0.15, 0.2) is 12.1 Å². The molecular weight excluding hydrogens is 302 g/mol. The van der Waals surface area contributed by atoms with Crippen molar-refractivity contribution in [1.29, 1.82) is 0 Å². The van der Waals surface area contributed by atoms with E-state index in [0.717, 1.165) is 45.3 Å². The molecule has 5 heteroatoms. The normalized spacial score (nSPS) is 18.5. The minimum Gasteiger partial charge on any atom is -0.448 e. The van der Waals surface area contributed by atoms with Gasteiger partial charge in [-0.05, 0) is 51.3 Å². The number of hydrogen-bond donors (Lipinski definition) is 1. The Labute approximate surface area is 143 Å². The van der Waals surface area contributed by atoms with Gasteiger partial charge in [-0.15, -0.1) is 0 Å². The number of carbonyl (C=O) groups is 1. The highest BCUT2D eigenvalue weighted by atomic mass is 16.3. The number of nitrogens with one attached hydrogen (secondary N) is 1. The molecule has 128 valence electrons. The number of benzene rings is 1. The molecule has 1 aliphatic rings. The molecule has 24 heavy (non-hydrogen) atoms. The van der Waals surface area contributed by atoms with Crippen LogP contribution in [0.1, 0.15) is 41.1 Å². The lowest BCUT2D eigenvalue weighted by Crippen LogP contribution is -2.48. The molecule has 0 saturated carbocycles. The van der Waals surface area contributed by atoms with Gasteiger partial charge in [0.2, 0.25) is 0 Å². The Hall–Kier alpha value is -2.14. The van der Waals surface area contributed by atoms with Crippen molar-refractivity contribution in [2.45, 2.75) is 38.6 Å². The van der Waals surface area contributed by atoms with Crippen molar-refractivity contribution in [1.82, 2.24) is 15.2 Å². The zero-order valence-corrected chi connectivity index (χ0v) is 14.2. The fourth-order valence-corrected chi connectivity index (χ4v) is 3.31. The predicted molar refractivity (Wildman–Crippen MR) is 92.9 cm³/mol. The van der Waals surface area contributed by atoms with Crippen LogP contribution in [0.3, 0.4) is 0 Å². The first kappa shape index (κ1) is 16.7. The number of aromatic nitrogens is 1. The molecule has 0 unspecified atom stereocenters. The Bertz CT molecular complexity index is 654. The Balaban J connectivity index is 1.44. The maximum absolute atomic E-state index is 12.2. The smallest absolute Gasteiger partial charge is 0.273 e. The summed E-state index contributed by atoms with van der Waals surface area (Å²) in [5, 5.41) is 3.10. The molecule has 1 fully saturated rings. The number of hydrogen-bond acceptors (Lipinski definition) is 4. The summed E-state index contributed by atoms with van der Waals surface area (Å²) in [5.41, 5.74) is 1.79. The van der Waals surface area contributed by atoms with Gasteiger partial charge in [-0.1, -0.05) is 30.3 Å². The molecule has 1 atom stereocenters. The number of rotatable bonds is 6. The highest BCUT2D eigenvalue weighted by molar-refractivity contribution is 5.93. The highest BCUT2D eigenvalue weighted by Crippen LogP contribution is 2.13. The number of aryl methyl sites for hydroxylation is 2. The van der Waals surface area contributed by atoms with Crippen molar-refractivity contribution in [3.05, 3.63) is 53.7 Å². The number of carbonyl (C=O) groups excluding carboxylic acids is 1. The van der Waals surface area contributed by atoms with Gasteiger partial charge in [-0.3, -0.25) is 4.79 Å². The Morgan fingerprint density at radius 3 is 2.96 bits per heavy atom. The van der Waals surface area contributed by atoms with Gasteiger partial charge in [-0.25, -0.2) is 4.98 Å². The largest absolute Gasteiger partial charge is 0.448 e. The lowest BCUT2D eigenvalue weighted by atomic mass is 10.0. The average molecular weight is 327 g/mol. The average Bonchev–Trinajstić information content (AvgIpc) is 3.02. The van der Waals surface area contributed by atoms with Gasteiger partial charge in [0.25, 0.3) is 5.91 Å². The third-order valence-corrected chi connectivity index (χ3v) is 4.58. The monoisotopic (exact) mass is 327 g/mol. The fourth-order valence-electron chi connectivity index (χ4n) is 3.31. The summed E-state index contributed by atoms with van der Waals surface area (Å²) in [6.45, 7) is 4.87. The molecule has 1 aliphatic heterocycles. The first-order chi connectivity index (χ1) is 11.7. The van der Waals surface area contributed by atoms with Crippen LogP contribution in [-0.2, 0) is 6.42 Å². The van der Waals surface area contributed by atoms with E-state index in [1.54, 1.807) is 6.92 Å². The molecule has 0 aliphatic carbocycles. The zero-order valence-electron chi connectivity index (χ0n) is 14.2. The summed E-state index contributed by atoms with van der Waals surface area (Å²) in [5.74, 6) is 0.445. The van der Waals surface area contributed by atoms with Crippen LogP contribution < -0.4 is 5.32 Å².